The van der Waals surface area contributed by atoms with Crippen LogP contribution in [0.2, 0.25) is 0 Å². The van der Waals surface area contributed by atoms with Crippen LogP contribution < -0.4 is 10.5 Å². The van der Waals surface area contributed by atoms with Gasteiger partial charge >= 0.3 is 0 Å². The molecule has 1 aromatic rings. The first kappa shape index (κ1) is 17.9. The summed E-state index contributed by atoms with van der Waals surface area (Å²) in [6.45, 7) is 3.12. The van der Waals surface area contributed by atoms with Crippen LogP contribution in [-0.2, 0) is 14.8 Å². The molecular formula is C18H28N2O3S. The van der Waals surface area contributed by atoms with E-state index in [0.717, 1.165) is 38.6 Å². The molecule has 1 heterocycles. The van der Waals surface area contributed by atoms with Gasteiger partial charge in [0.15, 0.2) is 4.93 Å². The van der Waals surface area contributed by atoms with Gasteiger partial charge in [0.05, 0.1) is 6.10 Å². The molecule has 5 nitrogen and oxygen atoms in total. The summed E-state index contributed by atoms with van der Waals surface area (Å²) in [5.74, 6) is 0.458. The van der Waals surface area contributed by atoms with Gasteiger partial charge in [-0.3, -0.25) is 0 Å². The Morgan fingerprint density at radius 2 is 1.79 bits per heavy atom. The average Bonchev–Trinajstić information content (AvgIpc) is 3.10. The number of benzene rings is 1. The van der Waals surface area contributed by atoms with E-state index < -0.39 is 15.0 Å². The second-order valence-electron chi connectivity index (χ2n) is 7.25. The molecule has 24 heavy (non-hydrogen) atoms. The number of hydrogen-bond donors (Lipinski definition) is 2. The van der Waals surface area contributed by atoms with E-state index in [1.165, 1.54) is 5.56 Å². The van der Waals surface area contributed by atoms with Crippen LogP contribution in [0, 0.1) is 5.92 Å². The fraction of sp³-hybridized carbons (Fsp3) is 0.667. The Hall–Kier alpha value is -0.950. The fourth-order valence-corrected chi connectivity index (χ4v) is 5.00. The molecule has 2 unspecified atom stereocenters. The highest BCUT2D eigenvalue weighted by Gasteiger charge is 2.48. The fourth-order valence-electron chi connectivity index (χ4n) is 4.07. The predicted octanol–water partition coefficient (Wildman–Crippen LogP) is 2.34. The van der Waals surface area contributed by atoms with Gasteiger partial charge in [0.2, 0.25) is 10.0 Å². The van der Waals surface area contributed by atoms with E-state index in [-0.39, 0.29) is 12.0 Å². The van der Waals surface area contributed by atoms with Crippen molar-refractivity contribution >= 4 is 10.0 Å². The van der Waals surface area contributed by atoms with Gasteiger partial charge in [-0.1, -0.05) is 30.3 Å². The molecule has 1 aromatic carbocycles. The lowest BCUT2D eigenvalue weighted by Crippen LogP contribution is -2.52. The summed E-state index contributed by atoms with van der Waals surface area (Å²) in [5.41, 5.74) is 1.37. The number of sulfonamides is 1. The van der Waals surface area contributed by atoms with Crippen molar-refractivity contribution in [2.45, 2.75) is 56.0 Å². The summed E-state index contributed by atoms with van der Waals surface area (Å²) < 4.78 is 30.6. The summed E-state index contributed by atoms with van der Waals surface area (Å²) in [7, 11) is -3.78. The molecule has 1 aliphatic heterocycles. The molecule has 2 fully saturated rings. The number of hydrogen-bond acceptors (Lipinski definition) is 4. The molecule has 0 bridgehead atoms. The monoisotopic (exact) mass is 352 g/mol. The van der Waals surface area contributed by atoms with Gasteiger partial charge in [0.25, 0.3) is 0 Å². The molecule has 6 heteroatoms. The third kappa shape index (κ3) is 3.67. The Morgan fingerprint density at radius 1 is 1.12 bits per heavy atom. The zero-order valence-corrected chi connectivity index (χ0v) is 15.1. The highest BCUT2D eigenvalue weighted by atomic mass is 32.2. The molecule has 3 N–H and O–H groups in total. The van der Waals surface area contributed by atoms with Crippen LogP contribution >= 0.6 is 0 Å². The van der Waals surface area contributed by atoms with Gasteiger partial charge < -0.3 is 10.1 Å². The third-order valence-electron chi connectivity index (χ3n) is 5.71. The summed E-state index contributed by atoms with van der Waals surface area (Å²) in [5, 5.41) is 8.76. The second kappa shape index (κ2) is 7.12. The van der Waals surface area contributed by atoms with Gasteiger partial charge in [-0.25, -0.2) is 13.6 Å². The lowest BCUT2D eigenvalue weighted by Gasteiger charge is -2.39. The summed E-state index contributed by atoms with van der Waals surface area (Å²) >= 11 is 0. The summed E-state index contributed by atoms with van der Waals surface area (Å²) in [6.07, 6.45) is 4.56. The first-order valence-electron chi connectivity index (χ1n) is 8.86. The van der Waals surface area contributed by atoms with Crippen LogP contribution in [0.25, 0.3) is 0 Å². The van der Waals surface area contributed by atoms with Gasteiger partial charge in [-0.15, -0.1) is 0 Å². The quantitative estimate of drug-likeness (QED) is 0.852. The molecule has 1 saturated carbocycles. The average molecular weight is 353 g/mol. The van der Waals surface area contributed by atoms with Crippen molar-refractivity contribution in [3.8, 4) is 0 Å². The van der Waals surface area contributed by atoms with E-state index >= 15 is 0 Å². The van der Waals surface area contributed by atoms with Crippen molar-refractivity contribution in [2.24, 2.45) is 11.1 Å². The SMILES string of the molecule is CC(O[C@H]1CC[C@@H](c2ccccc2)CC1)(C1CCNC1)S(N)(=O)=O. The zero-order valence-electron chi connectivity index (χ0n) is 14.3. The van der Waals surface area contributed by atoms with Crippen LogP contribution in [0.5, 0.6) is 0 Å². The molecular weight excluding hydrogens is 324 g/mol. The van der Waals surface area contributed by atoms with Crippen molar-refractivity contribution in [3.05, 3.63) is 35.9 Å². The van der Waals surface area contributed by atoms with Crippen molar-refractivity contribution in [1.29, 1.82) is 0 Å². The van der Waals surface area contributed by atoms with Crippen molar-refractivity contribution in [1.82, 2.24) is 5.32 Å². The maximum absolute atomic E-state index is 12.2. The highest BCUT2D eigenvalue weighted by molar-refractivity contribution is 7.90. The van der Waals surface area contributed by atoms with E-state index in [0.29, 0.717) is 12.5 Å². The van der Waals surface area contributed by atoms with E-state index in [9.17, 15) is 8.42 Å². The minimum atomic E-state index is -3.78. The molecule has 0 aromatic heterocycles. The first-order chi connectivity index (χ1) is 11.4. The molecule has 0 amide bonds. The number of ether oxygens (including phenoxy) is 1. The molecule has 0 radical (unpaired) electrons. The van der Waals surface area contributed by atoms with Crippen molar-refractivity contribution in [3.63, 3.8) is 0 Å². The molecule has 134 valence electrons. The van der Waals surface area contributed by atoms with Gasteiger partial charge in [-0.05, 0) is 57.1 Å². The van der Waals surface area contributed by atoms with Gasteiger partial charge in [0, 0.05) is 12.5 Å². The lowest BCUT2D eigenvalue weighted by atomic mass is 9.82. The zero-order chi connectivity index (χ0) is 17.2. The maximum Gasteiger partial charge on any atom is 0.239 e. The Bertz CT molecular complexity index is 635. The van der Waals surface area contributed by atoms with Crippen LogP contribution in [0.3, 0.4) is 0 Å². The summed E-state index contributed by atoms with van der Waals surface area (Å²) in [4.78, 5) is -1.29. The molecule has 0 spiro atoms. The van der Waals surface area contributed by atoms with Gasteiger partial charge in [0.1, 0.15) is 0 Å². The Labute approximate surface area is 145 Å². The van der Waals surface area contributed by atoms with Crippen LogP contribution in [0.4, 0.5) is 0 Å². The number of rotatable bonds is 5. The number of nitrogens with two attached hydrogens (primary N) is 1. The van der Waals surface area contributed by atoms with Crippen molar-refractivity contribution < 1.29 is 13.2 Å². The van der Waals surface area contributed by atoms with Gasteiger partial charge in [-0.2, -0.15) is 0 Å². The van der Waals surface area contributed by atoms with E-state index in [1.54, 1.807) is 6.92 Å². The van der Waals surface area contributed by atoms with E-state index in [2.05, 4.69) is 29.6 Å². The number of primary sulfonamides is 1. The Kier molecular flexibility index (Phi) is 5.30. The highest BCUT2D eigenvalue weighted by Crippen LogP contribution is 2.39. The van der Waals surface area contributed by atoms with Crippen LogP contribution in [0.15, 0.2) is 30.3 Å². The van der Waals surface area contributed by atoms with Crippen molar-refractivity contribution in [2.75, 3.05) is 13.1 Å². The van der Waals surface area contributed by atoms with Crippen LogP contribution in [0.1, 0.15) is 50.5 Å². The molecule has 1 saturated heterocycles. The number of nitrogens with one attached hydrogen (secondary N) is 1. The van der Waals surface area contributed by atoms with E-state index in [1.807, 2.05) is 6.07 Å². The Balaban J connectivity index is 1.65. The third-order valence-corrected chi connectivity index (χ3v) is 7.27. The Morgan fingerprint density at radius 3 is 2.33 bits per heavy atom. The van der Waals surface area contributed by atoms with E-state index in [4.69, 9.17) is 9.88 Å². The minimum Gasteiger partial charge on any atom is -0.354 e. The lowest BCUT2D eigenvalue weighted by molar-refractivity contribution is -0.0737. The minimum absolute atomic E-state index is 0.0334. The standard InChI is InChI=1S/C18H28N2O3S/c1-18(24(19,21)22,16-11-12-20-13-16)23-17-9-7-15(8-10-17)14-5-3-2-4-6-14/h2-6,15-17,20H,7-13H2,1H3,(H2,19,21,22)/t15-,16?,17+,18?. The normalized spacial score (nSPS) is 30.8. The molecule has 3 rings (SSSR count). The largest absolute Gasteiger partial charge is 0.354 e. The predicted molar refractivity (Wildman–Crippen MR) is 95.0 cm³/mol. The van der Waals surface area contributed by atoms with Crippen LogP contribution in [-0.4, -0.2) is 32.5 Å². The smallest absolute Gasteiger partial charge is 0.239 e. The first-order valence-corrected chi connectivity index (χ1v) is 10.4. The summed E-state index contributed by atoms with van der Waals surface area (Å²) in [6, 6.07) is 10.5. The second-order valence-corrected chi connectivity index (χ2v) is 9.15. The molecule has 2 atom stereocenters. The molecule has 1 aliphatic carbocycles. The molecule has 2 aliphatic rings. The maximum atomic E-state index is 12.2. The topological polar surface area (TPSA) is 81.4 Å².